The summed E-state index contributed by atoms with van der Waals surface area (Å²) < 4.78 is 11.3. The van der Waals surface area contributed by atoms with Crippen LogP contribution in [0.3, 0.4) is 0 Å². The van der Waals surface area contributed by atoms with E-state index >= 15 is 0 Å². The van der Waals surface area contributed by atoms with Crippen LogP contribution in [0.15, 0.2) is 0 Å². The zero-order chi connectivity index (χ0) is 12.1. The van der Waals surface area contributed by atoms with E-state index in [4.69, 9.17) is 9.47 Å². The van der Waals surface area contributed by atoms with E-state index in [-0.39, 0.29) is 5.60 Å². The second-order valence-corrected chi connectivity index (χ2v) is 5.88. The van der Waals surface area contributed by atoms with E-state index in [1.54, 1.807) is 7.11 Å². The summed E-state index contributed by atoms with van der Waals surface area (Å²) >= 11 is 0. The Balaban J connectivity index is 1.83. The van der Waals surface area contributed by atoms with Gasteiger partial charge in [0, 0.05) is 19.7 Å². The molecular weight excluding hydrogens is 214 g/mol. The number of rotatable bonds is 7. The van der Waals surface area contributed by atoms with Crippen molar-refractivity contribution in [2.24, 2.45) is 5.92 Å². The molecule has 0 aromatic heterocycles. The fourth-order valence-electron chi connectivity index (χ4n) is 2.91. The first-order chi connectivity index (χ1) is 8.24. The van der Waals surface area contributed by atoms with Crippen LogP contribution in [0.25, 0.3) is 0 Å². The second kappa shape index (κ2) is 6.17. The Hall–Kier alpha value is -0.120. The molecule has 0 aromatic rings. The number of hydrogen-bond acceptors (Lipinski definition) is 3. The standard InChI is InChI=1S/C14H27NO2/c1-12-4-3-7-14(10-12,17-9-8-16-2)11-15-13-5-6-13/h12-13,15H,3-11H2,1-2H3. The monoisotopic (exact) mass is 241 g/mol. The zero-order valence-corrected chi connectivity index (χ0v) is 11.3. The predicted octanol–water partition coefficient (Wildman–Crippen LogP) is 2.35. The Morgan fingerprint density at radius 1 is 1.24 bits per heavy atom. The molecule has 2 atom stereocenters. The highest BCUT2D eigenvalue weighted by atomic mass is 16.5. The molecule has 1 N–H and O–H groups in total. The van der Waals surface area contributed by atoms with Gasteiger partial charge >= 0.3 is 0 Å². The highest BCUT2D eigenvalue weighted by Crippen LogP contribution is 2.35. The van der Waals surface area contributed by atoms with E-state index in [1.807, 2.05) is 0 Å². The van der Waals surface area contributed by atoms with Crippen LogP contribution in [-0.4, -0.2) is 38.5 Å². The Labute approximate surface area is 105 Å². The lowest BCUT2D eigenvalue weighted by atomic mass is 9.78. The Kier molecular flexibility index (Phi) is 4.83. The van der Waals surface area contributed by atoms with Crippen LogP contribution in [0.4, 0.5) is 0 Å². The van der Waals surface area contributed by atoms with Crippen LogP contribution in [-0.2, 0) is 9.47 Å². The summed E-state index contributed by atoms with van der Waals surface area (Å²) in [6.07, 6.45) is 7.78. The predicted molar refractivity (Wildman–Crippen MR) is 69.2 cm³/mol. The summed E-state index contributed by atoms with van der Waals surface area (Å²) in [7, 11) is 1.74. The van der Waals surface area contributed by atoms with Crippen LogP contribution < -0.4 is 5.32 Å². The molecule has 100 valence electrons. The molecule has 0 bridgehead atoms. The quantitative estimate of drug-likeness (QED) is 0.694. The van der Waals surface area contributed by atoms with Gasteiger partial charge in [0.15, 0.2) is 0 Å². The van der Waals surface area contributed by atoms with Crippen molar-refractivity contribution in [2.45, 2.75) is 57.1 Å². The maximum Gasteiger partial charge on any atom is 0.0810 e. The van der Waals surface area contributed by atoms with Crippen LogP contribution >= 0.6 is 0 Å². The fraction of sp³-hybridized carbons (Fsp3) is 1.00. The topological polar surface area (TPSA) is 30.5 Å². The average molecular weight is 241 g/mol. The third kappa shape index (κ3) is 4.23. The van der Waals surface area contributed by atoms with Gasteiger partial charge in [-0.15, -0.1) is 0 Å². The molecule has 0 radical (unpaired) electrons. The molecule has 3 nitrogen and oxygen atoms in total. The molecule has 0 aliphatic heterocycles. The maximum atomic E-state index is 6.17. The third-order valence-corrected chi connectivity index (χ3v) is 4.04. The van der Waals surface area contributed by atoms with Crippen molar-refractivity contribution in [2.75, 3.05) is 26.9 Å². The molecule has 0 spiro atoms. The summed E-state index contributed by atoms with van der Waals surface area (Å²) in [6.45, 7) is 4.82. The van der Waals surface area contributed by atoms with Crippen molar-refractivity contribution in [1.29, 1.82) is 0 Å². The summed E-state index contributed by atoms with van der Waals surface area (Å²) in [5.74, 6) is 0.798. The Morgan fingerprint density at radius 3 is 2.71 bits per heavy atom. The molecule has 0 saturated heterocycles. The number of methoxy groups -OCH3 is 1. The van der Waals surface area contributed by atoms with E-state index in [0.717, 1.165) is 25.1 Å². The summed E-state index contributed by atoms with van der Waals surface area (Å²) in [5.41, 5.74) is 0.0821. The van der Waals surface area contributed by atoms with Crippen molar-refractivity contribution in [1.82, 2.24) is 5.32 Å². The highest BCUT2D eigenvalue weighted by Gasteiger charge is 2.37. The maximum absolute atomic E-state index is 6.17. The molecule has 2 aliphatic carbocycles. The first kappa shape index (κ1) is 13.3. The molecule has 2 saturated carbocycles. The minimum atomic E-state index is 0.0821. The van der Waals surface area contributed by atoms with E-state index in [9.17, 15) is 0 Å². The molecule has 0 aromatic carbocycles. The first-order valence-corrected chi connectivity index (χ1v) is 7.10. The summed E-state index contributed by atoms with van der Waals surface area (Å²) in [5, 5.41) is 3.65. The summed E-state index contributed by atoms with van der Waals surface area (Å²) in [6, 6.07) is 0.773. The van der Waals surface area contributed by atoms with E-state index in [1.165, 1.54) is 38.5 Å². The molecule has 2 unspecified atom stereocenters. The lowest BCUT2D eigenvalue weighted by molar-refractivity contribution is -0.0919. The molecule has 2 rings (SSSR count). The summed E-state index contributed by atoms with van der Waals surface area (Å²) in [4.78, 5) is 0. The van der Waals surface area contributed by atoms with Gasteiger partial charge in [0.2, 0.25) is 0 Å². The van der Waals surface area contributed by atoms with Crippen molar-refractivity contribution in [3.05, 3.63) is 0 Å². The van der Waals surface area contributed by atoms with Crippen molar-refractivity contribution in [3.8, 4) is 0 Å². The molecule has 17 heavy (non-hydrogen) atoms. The van der Waals surface area contributed by atoms with Gasteiger partial charge in [-0.2, -0.15) is 0 Å². The molecule has 0 heterocycles. The third-order valence-electron chi connectivity index (χ3n) is 4.04. The van der Waals surface area contributed by atoms with Crippen LogP contribution in [0.1, 0.15) is 45.4 Å². The van der Waals surface area contributed by atoms with Gasteiger partial charge in [0.25, 0.3) is 0 Å². The molecule has 2 fully saturated rings. The van der Waals surface area contributed by atoms with Gasteiger partial charge in [0.1, 0.15) is 0 Å². The van der Waals surface area contributed by atoms with Gasteiger partial charge in [-0.3, -0.25) is 0 Å². The zero-order valence-electron chi connectivity index (χ0n) is 11.3. The van der Waals surface area contributed by atoms with Crippen LogP contribution in [0.5, 0.6) is 0 Å². The minimum absolute atomic E-state index is 0.0821. The normalized spacial score (nSPS) is 33.9. The van der Waals surface area contributed by atoms with E-state index < -0.39 is 0 Å². The Bertz CT molecular complexity index is 230. The second-order valence-electron chi connectivity index (χ2n) is 5.88. The molecule has 2 aliphatic rings. The van der Waals surface area contributed by atoms with Crippen molar-refractivity contribution < 1.29 is 9.47 Å². The van der Waals surface area contributed by atoms with E-state index in [0.29, 0.717) is 6.61 Å². The average Bonchev–Trinajstić information content (AvgIpc) is 3.11. The number of nitrogens with one attached hydrogen (secondary N) is 1. The van der Waals surface area contributed by atoms with Gasteiger partial charge in [-0.1, -0.05) is 19.8 Å². The largest absolute Gasteiger partial charge is 0.382 e. The van der Waals surface area contributed by atoms with Crippen LogP contribution in [0.2, 0.25) is 0 Å². The minimum Gasteiger partial charge on any atom is -0.382 e. The SMILES string of the molecule is COCCOC1(CNC2CC2)CCCC(C)C1. The number of ether oxygens (including phenoxy) is 2. The molecule has 0 amide bonds. The van der Waals surface area contributed by atoms with Gasteiger partial charge < -0.3 is 14.8 Å². The lowest BCUT2D eigenvalue weighted by Crippen LogP contribution is -2.47. The first-order valence-electron chi connectivity index (χ1n) is 7.10. The van der Waals surface area contributed by atoms with Crippen molar-refractivity contribution >= 4 is 0 Å². The van der Waals surface area contributed by atoms with Crippen molar-refractivity contribution in [3.63, 3.8) is 0 Å². The van der Waals surface area contributed by atoms with Gasteiger partial charge in [-0.25, -0.2) is 0 Å². The van der Waals surface area contributed by atoms with Gasteiger partial charge in [-0.05, 0) is 31.6 Å². The molecule has 3 heteroatoms. The van der Waals surface area contributed by atoms with Crippen LogP contribution in [0, 0.1) is 5.92 Å². The lowest BCUT2D eigenvalue weighted by Gasteiger charge is -2.40. The highest BCUT2D eigenvalue weighted by molar-refractivity contribution is 4.92. The number of hydrogen-bond donors (Lipinski definition) is 1. The van der Waals surface area contributed by atoms with Gasteiger partial charge in [0.05, 0.1) is 18.8 Å². The molecular formula is C14H27NO2. The smallest absolute Gasteiger partial charge is 0.0810 e. The fourth-order valence-corrected chi connectivity index (χ4v) is 2.91. The Morgan fingerprint density at radius 2 is 2.06 bits per heavy atom. The van der Waals surface area contributed by atoms with E-state index in [2.05, 4.69) is 12.2 Å².